The van der Waals surface area contributed by atoms with E-state index in [4.69, 9.17) is 0 Å². The predicted octanol–water partition coefficient (Wildman–Crippen LogP) is 2.55. The highest BCUT2D eigenvalue weighted by molar-refractivity contribution is 5.99. The zero-order valence-corrected chi connectivity index (χ0v) is 56.7. The second-order valence-electron chi connectivity index (χ2n) is 26.6. The normalized spacial score (nSPS) is 26.6. The maximum atomic E-state index is 15.2. The van der Waals surface area contributed by atoms with Gasteiger partial charge in [-0.15, -0.1) is 0 Å². The quantitative estimate of drug-likeness (QED) is 0.121. The van der Waals surface area contributed by atoms with Crippen LogP contribution in [0.15, 0.2) is 24.8 Å². The fourth-order valence-electron chi connectivity index (χ4n) is 10.7. The Morgan fingerprint density at radius 3 is 1.45 bits per heavy atom. The number of carbonyl (C=O) groups excluding carboxylic acids is 11. The lowest BCUT2D eigenvalue weighted by Gasteiger charge is -2.42. The summed E-state index contributed by atoms with van der Waals surface area (Å²) in [5.74, 6) is -10.4. The van der Waals surface area contributed by atoms with Crippen molar-refractivity contribution < 1.29 is 63.0 Å². The van der Waals surface area contributed by atoms with Crippen molar-refractivity contribution in [2.75, 3.05) is 55.9 Å². The number of nitrogens with zero attached hydrogens (tertiary/aromatic N) is 7. The van der Waals surface area contributed by atoms with E-state index in [0.717, 1.165) is 14.7 Å². The van der Waals surface area contributed by atoms with E-state index in [2.05, 4.69) is 27.8 Å². The van der Waals surface area contributed by atoms with Gasteiger partial charge in [0, 0.05) is 55.8 Å². The van der Waals surface area contributed by atoms with Gasteiger partial charge in [0.25, 0.3) is 0 Å². The minimum atomic E-state index is -1.66. The van der Waals surface area contributed by atoms with Gasteiger partial charge in [-0.1, -0.05) is 108 Å². The molecule has 496 valence electrons. The van der Waals surface area contributed by atoms with E-state index in [-0.39, 0.29) is 56.3 Å². The Balaban J connectivity index is 4.37. The molecule has 1 fully saturated rings. The molecule has 24 nitrogen and oxygen atoms in total. The first-order valence-electron chi connectivity index (χ1n) is 30.7. The summed E-state index contributed by atoms with van der Waals surface area (Å²) in [4.78, 5) is 168. The van der Waals surface area contributed by atoms with Gasteiger partial charge in [-0.25, -0.2) is 0 Å². The first kappa shape index (κ1) is 78.6. The molecule has 0 saturated carbocycles. The third-order valence-electron chi connectivity index (χ3n) is 16.1. The van der Waals surface area contributed by atoms with Crippen molar-refractivity contribution in [3.63, 3.8) is 0 Å². The number of aliphatic hydroxyl groups excluding tert-OH is 1. The molecule has 1 aliphatic rings. The molecule has 6 N–H and O–H groups in total. The molecule has 0 unspecified atom stereocenters. The Morgan fingerprint density at radius 2 is 0.977 bits per heavy atom. The summed E-state index contributed by atoms with van der Waals surface area (Å²) in [5, 5.41) is 34.2. The van der Waals surface area contributed by atoms with Gasteiger partial charge in [0.15, 0.2) is 0 Å². The second-order valence-corrected chi connectivity index (χ2v) is 26.6. The van der Waals surface area contributed by atoms with Crippen molar-refractivity contribution in [2.45, 2.75) is 221 Å². The van der Waals surface area contributed by atoms with Crippen LogP contribution in [0.25, 0.3) is 0 Å². The molecule has 87 heavy (non-hydrogen) atoms. The summed E-state index contributed by atoms with van der Waals surface area (Å²) < 4.78 is 0. The second kappa shape index (κ2) is 34.9. The summed E-state index contributed by atoms with van der Waals surface area (Å²) >= 11 is 0. The van der Waals surface area contributed by atoms with Gasteiger partial charge >= 0.3 is 0 Å². The van der Waals surface area contributed by atoms with Crippen LogP contribution in [0.5, 0.6) is 0 Å². The topological polar surface area (TPSA) is 299 Å². The van der Waals surface area contributed by atoms with Gasteiger partial charge in [-0.2, -0.15) is 0 Å². The van der Waals surface area contributed by atoms with Gasteiger partial charge in [0.1, 0.15) is 60.4 Å². The van der Waals surface area contributed by atoms with Crippen LogP contribution in [0.2, 0.25) is 0 Å². The number of aliphatic hydroxyl groups is 2. The Hall–Kier alpha value is -6.43. The fraction of sp³-hybridized carbons (Fsp3) is 0.762. The van der Waals surface area contributed by atoms with Gasteiger partial charge in [-0.05, 0) is 95.3 Å². The highest BCUT2D eigenvalue weighted by Gasteiger charge is 2.46. The highest BCUT2D eigenvalue weighted by Crippen LogP contribution is 2.26. The number of rotatable bonds is 16. The highest BCUT2D eigenvalue weighted by atomic mass is 16.3. The van der Waals surface area contributed by atoms with Crippen LogP contribution in [0.3, 0.4) is 0 Å². The van der Waals surface area contributed by atoms with E-state index < -0.39 is 161 Å². The number of carbonyl (C=O) groups is 11. The lowest BCUT2D eigenvalue weighted by Crippen LogP contribution is -2.63. The van der Waals surface area contributed by atoms with Gasteiger partial charge in [-0.3, -0.25) is 52.7 Å². The molecule has 12 atom stereocenters. The molecule has 1 saturated heterocycles. The van der Waals surface area contributed by atoms with Gasteiger partial charge < -0.3 is 65.8 Å². The van der Waals surface area contributed by atoms with Gasteiger partial charge in [0.05, 0.1) is 18.2 Å². The molecule has 0 spiro atoms. The first-order valence-corrected chi connectivity index (χ1v) is 30.7. The number of hydrogen-bond donors (Lipinski definition) is 6. The largest absolute Gasteiger partial charge is 0.390 e. The number of amides is 11. The lowest BCUT2D eigenvalue weighted by molar-refractivity contribution is -0.158. The van der Waals surface area contributed by atoms with E-state index in [9.17, 15) is 53.4 Å². The predicted molar refractivity (Wildman–Crippen MR) is 334 cm³/mol. The van der Waals surface area contributed by atoms with Crippen LogP contribution in [0, 0.1) is 35.5 Å². The third-order valence-corrected chi connectivity index (χ3v) is 16.1. The minimum absolute atomic E-state index is 0.00279. The Kier molecular flexibility index (Phi) is 31.6. The standard InChI is InChI=1S/C63H111N11O13/c1-25-27-28-29-40(13)52(76)51-56(80)66-43(26-2)58(82)68(18)34-48(75)69(19)44(30-35(3)4)55(79)67-49(38(9)10)61(85)70(20)45(31-36(5)6)54(78)64-41(14)53(77)65-42(15)57(81)72(22)47(33-63(16,17)87)60(84)71(21)46(32-37(7)8)59(83)73(23)50(39(11)12)62(86)74(51)24/h25,27-28,35-47,49-52,76,87H,1,26,29-34H2,2-24H3,(H,64,78)(H,65,77)(H,66,80)(H,67,79)/b28-27+/t40-,41+,42-,43+,44+,45+,46+,47+,49+,50+,51+,52-/m1/s1. The average Bonchev–Trinajstić information content (AvgIpc) is 1.85. The maximum Gasteiger partial charge on any atom is 0.246 e. The molecule has 0 radical (unpaired) electrons. The van der Waals surface area contributed by atoms with Crippen molar-refractivity contribution in [3.8, 4) is 0 Å². The third kappa shape index (κ3) is 22.6. The fourth-order valence-corrected chi connectivity index (χ4v) is 10.7. The van der Waals surface area contributed by atoms with Crippen LogP contribution in [-0.2, 0) is 52.7 Å². The van der Waals surface area contributed by atoms with Crippen LogP contribution in [0.1, 0.15) is 149 Å². The molecular weight excluding hydrogens is 1120 g/mol. The Morgan fingerprint density at radius 1 is 0.529 bits per heavy atom. The van der Waals surface area contributed by atoms with Crippen molar-refractivity contribution in [1.82, 2.24) is 55.6 Å². The monoisotopic (exact) mass is 1230 g/mol. The Bertz CT molecular complexity index is 2420. The lowest BCUT2D eigenvalue weighted by atomic mass is 9.91. The van der Waals surface area contributed by atoms with Crippen LogP contribution >= 0.6 is 0 Å². The summed E-state index contributed by atoms with van der Waals surface area (Å²) in [6, 6.07) is -13.1. The van der Waals surface area contributed by atoms with E-state index in [1.807, 2.05) is 41.5 Å². The molecule has 0 aromatic heterocycles. The smallest absolute Gasteiger partial charge is 0.246 e. The molecule has 24 heteroatoms. The van der Waals surface area contributed by atoms with Crippen LogP contribution in [-0.4, -0.2) is 237 Å². The molecule has 0 aromatic rings. The molecule has 0 bridgehead atoms. The van der Waals surface area contributed by atoms with Crippen molar-refractivity contribution >= 4 is 65.0 Å². The van der Waals surface area contributed by atoms with Crippen molar-refractivity contribution in [2.24, 2.45) is 35.5 Å². The summed E-state index contributed by atoms with van der Waals surface area (Å²) in [7, 11) is 9.60. The molecule has 1 rings (SSSR count). The summed E-state index contributed by atoms with van der Waals surface area (Å²) in [5.41, 5.74) is -1.56. The van der Waals surface area contributed by atoms with Crippen LogP contribution in [0.4, 0.5) is 0 Å². The zero-order valence-electron chi connectivity index (χ0n) is 56.7. The van der Waals surface area contributed by atoms with E-state index >= 15 is 9.59 Å². The van der Waals surface area contributed by atoms with E-state index in [1.54, 1.807) is 59.8 Å². The Labute approximate surface area is 519 Å². The van der Waals surface area contributed by atoms with Crippen LogP contribution < -0.4 is 21.3 Å². The average molecular weight is 1230 g/mol. The molecule has 1 heterocycles. The molecular formula is C63H111N11O13. The summed E-state index contributed by atoms with van der Waals surface area (Å²) in [6.07, 6.45) is 3.62. The minimum Gasteiger partial charge on any atom is -0.390 e. The van der Waals surface area contributed by atoms with Crippen molar-refractivity contribution in [1.29, 1.82) is 0 Å². The summed E-state index contributed by atoms with van der Waals surface area (Å²) in [6.45, 7) is 30.0. The number of nitrogens with one attached hydrogen (secondary N) is 4. The zero-order chi connectivity index (χ0) is 67.6. The number of hydrogen-bond acceptors (Lipinski definition) is 13. The SMILES string of the molecule is C=C/C=C/C[C@@H](C)[C@@H](O)[C@H]1C(=O)N[C@@H](CC)C(=O)N(C)CC(=O)N(C)[C@@H](CC(C)C)C(=O)N[C@@H](C(C)C)C(=O)N(C)[C@@H](CC(C)C)C(=O)N[C@@H](C)C(=O)N[C@H](C)C(=O)N(C)[C@@H](CC(C)(C)O)C(=O)N(C)[C@@H](CC(C)C)C(=O)N(C)[C@@H](C(C)C)C(=O)N1C. The molecule has 0 aromatic carbocycles. The van der Waals surface area contributed by atoms with E-state index in [0.29, 0.717) is 0 Å². The number of allylic oxidation sites excluding steroid dienone is 3. The molecule has 11 amide bonds. The molecule has 0 aliphatic carbocycles. The van der Waals surface area contributed by atoms with Gasteiger partial charge in [0.2, 0.25) is 65.0 Å². The van der Waals surface area contributed by atoms with Crippen molar-refractivity contribution in [3.05, 3.63) is 24.8 Å². The molecule has 1 aliphatic heterocycles. The van der Waals surface area contributed by atoms with E-state index in [1.165, 1.54) is 96.6 Å². The maximum absolute atomic E-state index is 15.2. The first-order chi connectivity index (χ1) is 40.0. The number of likely N-dealkylation sites (N-methyl/N-ethyl adjacent to an activating group) is 7.